The van der Waals surface area contributed by atoms with Crippen molar-refractivity contribution in [2.24, 2.45) is 5.92 Å². The first kappa shape index (κ1) is 23.3. The van der Waals surface area contributed by atoms with E-state index in [1.807, 2.05) is 61.5 Å². The number of ether oxygens (including phenoxy) is 1. The summed E-state index contributed by atoms with van der Waals surface area (Å²) in [4.78, 5) is 12.5. The summed E-state index contributed by atoms with van der Waals surface area (Å²) < 4.78 is 32.3. The van der Waals surface area contributed by atoms with Gasteiger partial charge >= 0.3 is 0 Å². The molecule has 1 saturated heterocycles. The van der Waals surface area contributed by atoms with Crippen LogP contribution in [-0.2, 0) is 27.8 Å². The minimum absolute atomic E-state index is 0.00462. The van der Waals surface area contributed by atoms with Crippen molar-refractivity contribution in [3.63, 3.8) is 0 Å². The Balaban J connectivity index is 1.40. The molecule has 1 heterocycles. The van der Waals surface area contributed by atoms with Gasteiger partial charge in [-0.05, 0) is 55.9 Å². The first-order chi connectivity index (χ1) is 15.0. The molecular weight excluding hydrogens is 412 g/mol. The summed E-state index contributed by atoms with van der Waals surface area (Å²) in [7, 11) is -3.28. The summed E-state index contributed by atoms with van der Waals surface area (Å²) in [6, 6.07) is 17.6. The molecule has 0 aromatic heterocycles. The van der Waals surface area contributed by atoms with Gasteiger partial charge in [-0.1, -0.05) is 42.5 Å². The molecule has 2 aromatic carbocycles. The van der Waals surface area contributed by atoms with Gasteiger partial charge in [0.25, 0.3) is 0 Å². The van der Waals surface area contributed by atoms with Crippen LogP contribution in [0.15, 0.2) is 54.6 Å². The number of benzene rings is 2. The van der Waals surface area contributed by atoms with Gasteiger partial charge in [-0.25, -0.2) is 12.7 Å². The van der Waals surface area contributed by atoms with Crippen molar-refractivity contribution in [1.29, 1.82) is 0 Å². The first-order valence-corrected chi connectivity index (χ1v) is 12.6. The lowest BCUT2D eigenvalue weighted by Crippen LogP contribution is -2.43. The van der Waals surface area contributed by atoms with Crippen LogP contribution in [0.1, 0.15) is 37.3 Å². The molecular formula is C24H32N2O4S. The molecule has 1 amide bonds. The molecule has 6 nitrogen and oxygen atoms in total. The standard InChI is InChI=1S/C24H32N2O4S/c1-2-30-23-12-10-21(11-13-23)19-25-24(27)22-14-16-26(17-15-22)31(28,29)18-6-9-20-7-4-3-5-8-20/h3-5,7-8,10-13,22H,2,6,9,14-19H2,1H3,(H,25,27). The molecule has 1 fully saturated rings. The van der Waals surface area contributed by atoms with Crippen molar-refractivity contribution >= 4 is 15.9 Å². The highest BCUT2D eigenvalue weighted by atomic mass is 32.2. The molecule has 7 heteroatoms. The second kappa shape index (κ2) is 11.3. The number of nitrogens with one attached hydrogen (secondary N) is 1. The van der Waals surface area contributed by atoms with Gasteiger partial charge in [0, 0.05) is 25.6 Å². The molecule has 0 unspecified atom stereocenters. The summed E-state index contributed by atoms with van der Waals surface area (Å²) in [5, 5.41) is 2.98. The van der Waals surface area contributed by atoms with Gasteiger partial charge in [0.1, 0.15) is 5.75 Å². The van der Waals surface area contributed by atoms with Crippen molar-refractivity contribution in [2.45, 2.75) is 39.2 Å². The first-order valence-electron chi connectivity index (χ1n) is 11.0. The van der Waals surface area contributed by atoms with Gasteiger partial charge in [-0.15, -0.1) is 0 Å². The average Bonchev–Trinajstić information content (AvgIpc) is 2.79. The van der Waals surface area contributed by atoms with Crippen LogP contribution in [-0.4, -0.2) is 44.1 Å². The van der Waals surface area contributed by atoms with E-state index in [0.717, 1.165) is 23.3 Å². The summed E-state index contributed by atoms with van der Waals surface area (Å²) in [5.41, 5.74) is 2.16. The van der Waals surface area contributed by atoms with E-state index < -0.39 is 10.0 Å². The van der Waals surface area contributed by atoms with Gasteiger partial charge in [0.05, 0.1) is 12.4 Å². The summed E-state index contributed by atoms with van der Waals surface area (Å²) in [6.07, 6.45) is 2.49. The number of hydrogen-bond donors (Lipinski definition) is 1. The van der Waals surface area contributed by atoms with E-state index in [2.05, 4.69) is 5.32 Å². The molecule has 3 rings (SSSR count). The summed E-state index contributed by atoms with van der Waals surface area (Å²) in [6.45, 7) is 3.85. The molecule has 0 spiro atoms. The Labute approximate surface area is 185 Å². The number of carbonyl (C=O) groups is 1. The van der Waals surface area contributed by atoms with E-state index in [0.29, 0.717) is 45.5 Å². The molecule has 2 aromatic rings. The lowest BCUT2D eigenvalue weighted by Gasteiger charge is -2.30. The number of amides is 1. The Morgan fingerprint density at radius 3 is 2.35 bits per heavy atom. The zero-order chi connectivity index (χ0) is 22.1. The Bertz CT molecular complexity index is 922. The molecule has 0 radical (unpaired) electrons. The largest absolute Gasteiger partial charge is 0.494 e. The van der Waals surface area contributed by atoms with Crippen LogP contribution in [0.4, 0.5) is 0 Å². The molecule has 0 atom stereocenters. The number of rotatable bonds is 10. The van der Waals surface area contributed by atoms with E-state index >= 15 is 0 Å². The van der Waals surface area contributed by atoms with Crippen LogP contribution < -0.4 is 10.1 Å². The third-order valence-electron chi connectivity index (χ3n) is 5.63. The maximum Gasteiger partial charge on any atom is 0.223 e. The van der Waals surface area contributed by atoms with Crippen LogP contribution in [0.5, 0.6) is 5.75 Å². The minimum Gasteiger partial charge on any atom is -0.494 e. The molecule has 31 heavy (non-hydrogen) atoms. The topological polar surface area (TPSA) is 75.7 Å². The third kappa shape index (κ3) is 7.08. The molecule has 0 aliphatic carbocycles. The monoisotopic (exact) mass is 444 g/mol. The number of sulfonamides is 1. The second-order valence-electron chi connectivity index (χ2n) is 7.87. The lowest BCUT2D eigenvalue weighted by atomic mass is 9.97. The Morgan fingerprint density at radius 1 is 1.03 bits per heavy atom. The quantitative estimate of drug-likeness (QED) is 0.610. The Hall–Kier alpha value is -2.38. The SMILES string of the molecule is CCOc1ccc(CNC(=O)C2CCN(S(=O)(=O)CCCc3ccccc3)CC2)cc1. The number of aryl methyl sites for hydroxylation is 1. The predicted octanol–water partition coefficient (Wildman–Crippen LogP) is 3.38. The Kier molecular flexibility index (Phi) is 8.49. The molecule has 1 N–H and O–H groups in total. The normalized spacial score (nSPS) is 15.5. The van der Waals surface area contributed by atoms with Crippen molar-refractivity contribution in [1.82, 2.24) is 9.62 Å². The van der Waals surface area contributed by atoms with Crippen molar-refractivity contribution in [3.05, 3.63) is 65.7 Å². The molecule has 0 saturated carbocycles. The fraction of sp³-hybridized carbons (Fsp3) is 0.458. The van der Waals surface area contributed by atoms with Gasteiger partial charge in [-0.3, -0.25) is 4.79 Å². The summed E-state index contributed by atoms with van der Waals surface area (Å²) in [5.74, 6) is 0.819. The predicted molar refractivity (Wildman–Crippen MR) is 122 cm³/mol. The van der Waals surface area contributed by atoms with Gasteiger partial charge in [0.2, 0.25) is 15.9 Å². The number of carbonyl (C=O) groups excluding carboxylic acids is 1. The summed E-state index contributed by atoms with van der Waals surface area (Å²) >= 11 is 0. The number of nitrogens with zero attached hydrogens (tertiary/aromatic N) is 1. The fourth-order valence-corrected chi connectivity index (χ4v) is 5.37. The van der Waals surface area contributed by atoms with E-state index in [9.17, 15) is 13.2 Å². The third-order valence-corrected chi connectivity index (χ3v) is 7.59. The smallest absolute Gasteiger partial charge is 0.223 e. The zero-order valence-corrected chi connectivity index (χ0v) is 18.9. The van der Waals surface area contributed by atoms with Crippen molar-refractivity contribution < 1.29 is 17.9 Å². The fourth-order valence-electron chi connectivity index (χ4n) is 3.83. The zero-order valence-electron chi connectivity index (χ0n) is 18.1. The van der Waals surface area contributed by atoms with E-state index in [1.54, 1.807) is 4.31 Å². The van der Waals surface area contributed by atoms with E-state index in [1.165, 1.54) is 0 Å². The second-order valence-corrected chi connectivity index (χ2v) is 9.96. The van der Waals surface area contributed by atoms with Crippen molar-refractivity contribution in [3.8, 4) is 5.75 Å². The van der Waals surface area contributed by atoms with Crippen LogP contribution in [0.3, 0.4) is 0 Å². The minimum atomic E-state index is -3.28. The van der Waals surface area contributed by atoms with Crippen LogP contribution in [0, 0.1) is 5.92 Å². The van der Waals surface area contributed by atoms with E-state index in [4.69, 9.17) is 4.74 Å². The van der Waals surface area contributed by atoms with Gasteiger partial charge in [-0.2, -0.15) is 0 Å². The maximum absolute atomic E-state index is 12.7. The van der Waals surface area contributed by atoms with Crippen LogP contribution in [0.25, 0.3) is 0 Å². The average molecular weight is 445 g/mol. The molecule has 0 bridgehead atoms. The Morgan fingerprint density at radius 2 is 1.71 bits per heavy atom. The van der Waals surface area contributed by atoms with Crippen LogP contribution in [0.2, 0.25) is 0 Å². The van der Waals surface area contributed by atoms with E-state index in [-0.39, 0.29) is 17.6 Å². The highest BCUT2D eigenvalue weighted by Gasteiger charge is 2.30. The highest BCUT2D eigenvalue weighted by molar-refractivity contribution is 7.89. The van der Waals surface area contributed by atoms with Crippen LogP contribution >= 0.6 is 0 Å². The molecule has 168 valence electrons. The molecule has 1 aliphatic rings. The van der Waals surface area contributed by atoms with Gasteiger partial charge < -0.3 is 10.1 Å². The highest BCUT2D eigenvalue weighted by Crippen LogP contribution is 2.21. The molecule has 1 aliphatic heterocycles. The number of piperidine rings is 1. The van der Waals surface area contributed by atoms with Gasteiger partial charge in [0.15, 0.2) is 0 Å². The van der Waals surface area contributed by atoms with Crippen molar-refractivity contribution in [2.75, 3.05) is 25.4 Å². The number of hydrogen-bond acceptors (Lipinski definition) is 4. The maximum atomic E-state index is 12.7. The lowest BCUT2D eigenvalue weighted by molar-refractivity contribution is -0.126.